The van der Waals surface area contributed by atoms with Gasteiger partial charge in [-0.25, -0.2) is 0 Å². The maximum Gasteiger partial charge on any atom is 0.0661 e. The van der Waals surface area contributed by atoms with Crippen LogP contribution in [-0.4, -0.2) is 1.28 Å². The third-order valence-corrected chi connectivity index (χ3v) is 0. The van der Waals surface area contributed by atoms with Crippen LogP contribution in [0.3, 0.4) is 0 Å². The summed E-state index contributed by atoms with van der Waals surface area (Å²) >= 11 is -2.84. The Morgan fingerprint density at radius 3 is 2.75 bits per heavy atom. The second kappa shape index (κ2) is 2.03. The Morgan fingerprint density at radius 2 is 2.75 bits per heavy atom. The van der Waals surface area contributed by atoms with E-state index < -0.39 is 25.9 Å². The van der Waals surface area contributed by atoms with E-state index in [-0.39, 0.29) is 0 Å². The average Bonchev–Trinajstić information content (AvgIpc) is 1.38. The quantitative estimate of drug-likeness (QED) is 0.455. The van der Waals surface area contributed by atoms with Gasteiger partial charge in [0.15, 0.2) is 0 Å². The van der Waals surface area contributed by atoms with Gasteiger partial charge in [-0.15, -0.1) is 0 Å². The van der Waals surface area contributed by atoms with Gasteiger partial charge in [0.2, 0.25) is 0 Å². The van der Waals surface area contributed by atoms with Gasteiger partial charge in [0, 0.05) is 0 Å². The molecule has 0 aliphatic carbocycles. The van der Waals surface area contributed by atoms with E-state index in [9.17, 15) is 3.07 Å². The molecule has 0 aromatic carbocycles. The molecule has 1 unspecified atom stereocenters. The molecule has 0 aromatic rings. The molecule has 0 rings (SSSR count). The van der Waals surface area contributed by atoms with Crippen molar-refractivity contribution in [2.24, 2.45) is 0 Å². The molecule has 4 heavy (non-hydrogen) atoms. The Bertz CT molecular complexity index is 69.7. The second-order valence-electron chi connectivity index (χ2n) is 0.231. The summed E-state index contributed by atoms with van der Waals surface area (Å²) in [5.41, 5.74) is 0. The highest BCUT2D eigenvalue weighted by Gasteiger charge is 1.28. The van der Waals surface area contributed by atoms with Gasteiger partial charge in [-0.1, -0.05) is 6.83 Å². The lowest BCUT2D eigenvalue weighted by molar-refractivity contribution is 0.648. The Morgan fingerprint density at radius 1 is 2.50 bits per heavy atom. The van der Waals surface area contributed by atoms with Crippen LogP contribution in [0.4, 0.5) is 0 Å². The standard InChI is InChI=1S/H2INOP/c2-1(3)4/h4H2/q-1/i4D. The van der Waals surface area contributed by atoms with E-state index in [0.717, 1.165) is 0 Å². The van der Waals surface area contributed by atoms with Crippen molar-refractivity contribution in [3.8, 4) is 0 Å². The molecule has 0 spiro atoms. The molecule has 0 radical (unpaired) electrons. The molecule has 0 N–H and O–H groups in total. The largest absolute Gasteiger partial charge is 0.741 e. The average molecular weight is 191 g/mol. The fourth-order valence-electron chi connectivity index (χ4n) is 0. The predicted molar refractivity (Wildman–Crippen MR) is 27.8 cm³/mol. The third kappa shape index (κ3) is 14.8. The molecule has 4 heteroatoms. The highest BCUT2D eigenvalue weighted by Crippen LogP contribution is 2.15. The first-order valence-electron chi connectivity index (χ1n) is 1.01. The fraction of sp³-hybridized carbons (Fsp3) is 0. The molecule has 0 heterocycles. The van der Waals surface area contributed by atoms with Crippen molar-refractivity contribution in [3.63, 3.8) is 0 Å². The predicted octanol–water partition coefficient (Wildman–Crippen LogP) is 1.38. The third-order valence-electron chi connectivity index (χ3n) is 0. The van der Waals surface area contributed by atoms with Crippen LogP contribution in [0.5, 0.6) is 0 Å². The first kappa shape index (κ1) is 2.97. The number of hydrogen-bond acceptors (Lipinski definition) is 1. The summed E-state index contributed by atoms with van der Waals surface area (Å²) in [5.74, 6) is 0. The maximum absolute atomic E-state index is 9.43. The molecule has 1 atom stereocenters. The molecule has 0 saturated heterocycles. The van der Waals surface area contributed by atoms with E-state index in [0.29, 0.717) is 0 Å². The summed E-state index contributed by atoms with van der Waals surface area (Å²) in [4.78, 5) is 0. The van der Waals surface area contributed by atoms with Crippen LogP contribution in [0.2, 0.25) is 0 Å². The molecule has 0 aliphatic heterocycles. The van der Waals surface area contributed by atoms with Gasteiger partial charge >= 0.3 is 0 Å². The molecule has 0 aliphatic rings. The number of hydrogen-bond donors (Lipinski definition) is 0. The SMILES string of the molecule is [2H]PI(=[N-])=O. The zero-order chi connectivity index (χ0) is 4.28. The van der Waals surface area contributed by atoms with Crippen molar-refractivity contribution in [3.05, 3.63) is 3.56 Å². The maximum atomic E-state index is 9.43. The van der Waals surface area contributed by atoms with E-state index in [1.807, 2.05) is 0 Å². The van der Waals surface area contributed by atoms with Gasteiger partial charge in [0.05, 0.1) is 1.28 Å². The van der Waals surface area contributed by atoms with Gasteiger partial charge < -0.3 is 3.56 Å². The lowest BCUT2D eigenvalue weighted by Gasteiger charge is -1.62. The second-order valence-corrected chi connectivity index (χ2v) is 3.72. The Hall–Kier alpha value is 0.760. The van der Waals surface area contributed by atoms with Gasteiger partial charge in [-0.05, 0) is 19.1 Å². The van der Waals surface area contributed by atoms with Crippen LogP contribution in [0.25, 0.3) is 3.56 Å². The number of nitrogens with zero attached hydrogens (tertiary/aromatic N) is 1. The summed E-state index contributed by atoms with van der Waals surface area (Å²) in [6, 6.07) is 0. The lowest BCUT2D eigenvalue weighted by atomic mass is 14.0. The van der Waals surface area contributed by atoms with Gasteiger partial charge in [-0.3, -0.25) is 3.07 Å². The molecular weight excluding hydrogens is 188 g/mol. The zero-order valence-electron chi connectivity index (χ0n) is 2.73. The summed E-state index contributed by atoms with van der Waals surface area (Å²) in [6.07, 6.45) is 0. The summed E-state index contributed by atoms with van der Waals surface area (Å²) in [7, 11) is 0. The van der Waals surface area contributed by atoms with Gasteiger partial charge in [0.1, 0.15) is 0 Å². The molecule has 0 bridgehead atoms. The van der Waals surface area contributed by atoms with Crippen molar-refractivity contribution >= 4 is 25.9 Å². The van der Waals surface area contributed by atoms with Crippen LogP contribution >= 0.6 is 25.9 Å². The zero-order valence-corrected chi connectivity index (χ0v) is 4.89. The van der Waals surface area contributed by atoms with Crippen LogP contribution in [0.1, 0.15) is 0 Å². The van der Waals surface area contributed by atoms with Crippen molar-refractivity contribution in [1.82, 2.24) is 0 Å². The minimum Gasteiger partial charge on any atom is -0.741 e. The van der Waals surface area contributed by atoms with E-state index in [2.05, 4.69) is 0 Å². The first-order valence-corrected chi connectivity index (χ1v) is 5.97. The van der Waals surface area contributed by atoms with Crippen LogP contribution in [0.15, 0.2) is 0 Å². The summed E-state index contributed by atoms with van der Waals surface area (Å²) in [5, 5.41) is 0. The summed E-state index contributed by atoms with van der Waals surface area (Å²) in [6.45, 7) is -0.479. The van der Waals surface area contributed by atoms with Crippen LogP contribution < -0.4 is 0 Å². The molecule has 2 nitrogen and oxygen atoms in total. The minimum atomic E-state index is -2.84. The molecule has 0 aromatic heterocycles. The smallest absolute Gasteiger partial charge is 0.0661 e. The Kier molecular flexibility index (Phi) is 1.50. The monoisotopic (exact) mass is 191 g/mol. The Balaban J connectivity index is 3.23. The van der Waals surface area contributed by atoms with E-state index >= 15 is 0 Å². The highest BCUT2D eigenvalue weighted by molar-refractivity contribution is 14.2. The lowest BCUT2D eigenvalue weighted by Crippen LogP contribution is -0.838. The Labute approximate surface area is 34.3 Å². The van der Waals surface area contributed by atoms with Crippen molar-refractivity contribution < 1.29 is 3.07 Å². The number of halogens is 1. The highest BCUT2D eigenvalue weighted by atomic mass is 127. The molecule has 0 fully saturated rings. The fourth-order valence-corrected chi connectivity index (χ4v) is 0. The van der Waals surface area contributed by atoms with Gasteiger partial charge in [-0.2, -0.15) is 0 Å². The van der Waals surface area contributed by atoms with Crippen molar-refractivity contribution in [1.29, 1.82) is 1.28 Å². The molecule has 26 valence electrons. The minimum absolute atomic E-state index is 0.479. The van der Waals surface area contributed by atoms with E-state index in [4.69, 9.17) is 4.84 Å². The normalized spacial score (nSPS) is 14.8. The van der Waals surface area contributed by atoms with Gasteiger partial charge in [0.25, 0.3) is 0 Å². The van der Waals surface area contributed by atoms with Crippen molar-refractivity contribution in [2.45, 2.75) is 0 Å². The van der Waals surface area contributed by atoms with Crippen LogP contribution in [0, 0.1) is 0 Å². The van der Waals surface area contributed by atoms with Crippen molar-refractivity contribution in [2.75, 3.05) is 0 Å². The van der Waals surface area contributed by atoms with E-state index in [1.54, 1.807) is 0 Å². The first-order chi connectivity index (χ1) is 2.27. The number of rotatable bonds is 1. The molecule has 0 amide bonds. The molecule has 0 saturated carbocycles. The summed E-state index contributed by atoms with van der Waals surface area (Å²) < 4.78 is 23.4. The topological polar surface area (TPSA) is 39.4 Å². The molecular formula is H2INOP-. The van der Waals surface area contributed by atoms with E-state index in [1.165, 1.54) is 0 Å². The van der Waals surface area contributed by atoms with Crippen LogP contribution in [-0.2, 0) is 3.07 Å².